The third-order valence-electron chi connectivity index (χ3n) is 4.91. The lowest BCUT2D eigenvalue weighted by molar-refractivity contribution is -0.384. The number of carbonyl (C=O) groups excluding carboxylic acids is 1. The van der Waals surface area contributed by atoms with Gasteiger partial charge in [-0.2, -0.15) is 0 Å². The topological polar surface area (TPSA) is 75.5 Å². The normalized spacial score (nSPS) is 14.8. The van der Waals surface area contributed by atoms with Crippen molar-refractivity contribution in [2.45, 2.75) is 19.3 Å². The highest BCUT2D eigenvalue weighted by atomic mass is 19.1. The number of para-hydroxylation sites is 2. The van der Waals surface area contributed by atoms with Crippen LogP contribution in [0.4, 0.5) is 15.8 Å². The predicted molar refractivity (Wildman–Crippen MR) is 101 cm³/mol. The zero-order valence-corrected chi connectivity index (χ0v) is 14.9. The van der Waals surface area contributed by atoms with Crippen LogP contribution in [0.3, 0.4) is 0 Å². The number of hydrogen-bond donors (Lipinski definition) is 1. The number of hydrogen-bond acceptors (Lipinski definition) is 4. The van der Waals surface area contributed by atoms with Crippen molar-refractivity contribution in [1.82, 2.24) is 5.32 Å². The number of nitro benzene ring substituents is 1. The molecule has 142 valence electrons. The first-order valence-corrected chi connectivity index (χ1v) is 9.05. The van der Waals surface area contributed by atoms with Gasteiger partial charge in [-0.3, -0.25) is 14.9 Å². The Morgan fingerprint density at radius 1 is 1.15 bits per heavy atom. The number of nitrogens with one attached hydrogen (secondary N) is 1. The summed E-state index contributed by atoms with van der Waals surface area (Å²) >= 11 is 0. The number of nitrogens with zero attached hydrogens (tertiary/aromatic N) is 2. The van der Waals surface area contributed by atoms with E-state index < -0.39 is 0 Å². The number of anilines is 1. The Morgan fingerprint density at radius 2 is 1.81 bits per heavy atom. The summed E-state index contributed by atoms with van der Waals surface area (Å²) in [6.45, 7) is 1.73. The Hall–Kier alpha value is -2.96. The van der Waals surface area contributed by atoms with E-state index in [1.807, 2.05) is 4.90 Å². The highest BCUT2D eigenvalue weighted by molar-refractivity contribution is 5.79. The molecule has 1 fully saturated rings. The molecule has 1 aliphatic rings. The molecule has 1 N–H and O–H groups in total. The van der Waals surface area contributed by atoms with Crippen molar-refractivity contribution in [1.29, 1.82) is 0 Å². The molecule has 0 saturated carbocycles. The summed E-state index contributed by atoms with van der Waals surface area (Å²) < 4.78 is 12.9. The zero-order chi connectivity index (χ0) is 19.2. The first-order chi connectivity index (χ1) is 13.0. The number of halogens is 1. The van der Waals surface area contributed by atoms with Gasteiger partial charge >= 0.3 is 0 Å². The molecular weight excluding hydrogens is 349 g/mol. The maximum atomic E-state index is 12.9. The van der Waals surface area contributed by atoms with Gasteiger partial charge in [0.25, 0.3) is 5.69 Å². The summed E-state index contributed by atoms with van der Waals surface area (Å²) in [6.07, 6.45) is 1.98. The Morgan fingerprint density at radius 3 is 2.48 bits per heavy atom. The van der Waals surface area contributed by atoms with Crippen LogP contribution in [0.2, 0.25) is 0 Å². The summed E-state index contributed by atoms with van der Waals surface area (Å²) in [5.41, 5.74) is 1.68. The van der Waals surface area contributed by atoms with Crippen molar-refractivity contribution in [2.75, 3.05) is 24.5 Å². The van der Waals surface area contributed by atoms with Gasteiger partial charge in [-0.1, -0.05) is 24.3 Å². The Labute approximate surface area is 157 Å². The molecule has 1 aliphatic heterocycles. The standard InChI is InChI=1S/C20H22FN3O3/c21-17-7-5-15(6-8-17)9-12-22-20(25)16-10-13-23(14-11-16)18-3-1-2-4-19(18)24(26)27/h1-8,16H,9-14H2,(H,22,25). The molecule has 2 aromatic rings. The average Bonchev–Trinajstić information content (AvgIpc) is 2.69. The molecule has 1 heterocycles. The Bertz CT molecular complexity index is 802. The zero-order valence-electron chi connectivity index (χ0n) is 14.9. The second-order valence-electron chi connectivity index (χ2n) is 6.67. The van der Waals surface area contributed by atoms with Crippen LogP contribution in [0.15, 0.2) is 48.5 Å². The van der Waals surface area contributed by atoms with Crippen LogP contribution in [-0.2, 0) is 11.2 Å². The average molecular weight is 371 g/mol. The van der Waals surface area contributed by atoms with Crippen molar-refractivity contribution in [3.63, 3.8) is 0 Å². The Balaban J connectivity index is 1.48. The summed E-state index contributed by atoms with van der Waals surface area (Å²) in [7, 11) is 0. The summed E-state index contributed by atoms with van der Waals surface area (Å²) in [4.78, 5) is 25.1. The number of benzene rings is 2. The van der Waals surface area contributed by atoms with Crippen molar-refractivity contribution in [2.24, 2.45) is 5.92 Å². The highest BCUT2D eigenvalue weighted by Gasteiger charge is 2.27. The van der Waals surface area contributed by atoms with E-state index in [0.29, 0.717) is 44.6 Å². The van der Waals surface area contributed by atoms with E-state index in [0.717, 1.165) is 5.56 Å². The van der Waals surface area contributed by atoms with Crippen LogP contribution >= 0.6 is 0 Å². The number of piperidine rings is 1. The lowest BCUT2D eigenvalue weighted by Crippen LogP contribution is -2.41. The molecule has 0 radical (unpaired) electrons. The van der Waals surface area contributed by atoms with Crippen LogP contribution in [0.25, 0.3) is 0 Å². The molecule has 0 spiro atoms. The Kier molecular flexibility index (Phi) is 6.01. The predicted octanol–water partition coefficient (Wildman–Crippen LogP) is 3.31. The summed E-state index contributed by atoms with van der Waals surface area (Å²) in [5.74, 6) is -0.343. The minimum atomic E-state index is -0.371. The lowest BCUT2D eigenvalue weighted by Gasteiger charge is -2.32. The molecule has 6 nitrogen and oxygen atoms in total. The molecule has 1 saturated heterocycles. The van der Waals surface area contributed by atoms with Gasteiger partial charge in [0.05, 0.1) is 4.92 Å². The van der Waals surface area contributed by atoms with Crippen molar-refractivity contribution in [3.05, 3.63) is 70.0 Å². The van der Waals surface area contributed by atoms with Gasteiger partial charge in [0.15, 0.2) is 0 Å². The fraction of sp³-hybridized carbons (Fsp3) is 0.350. The third-order valence-corrected chi connectivity index (χ3v) is 4.91. The molecule has 0 atom stereocenters. The number of rotatable bonds is 6. The minimum absolute atomic E-state index is 0.0133. The summed E-state index contributed by atoms with van der Waals surface area (Å²) in [6, 6.07) is 13.0. The van der Waals surface area contributed by atoms with Gasteiger partial charge in [-0.15, -0.1) is 0 Å². The van der Waals surface area contributed by atoms with Crippen LogP contribution in [0.5, 0.6) is 0 Å². The second kappa shape index (κ2) is 8.62. The molecule has 3 rings (SSSR count). The second-order valence-corrected chi connectivity index (χ2v) is 6.67. The van der Waals surface area contributed by atoms with Gasteiger partial charge in [0.1, 0.15) is 11.5 Å². The van der Waals surface area contributed by atoms with Gasteiger partial charge in [-0.25, -0.2) is 4.39 Å². The number of amides is 1. The molecule has 7 heteroatoms. The van der Waals surface area contributed by atoms with Crippen molar-refractivity contribution >= 4 is 17.3 Å². The fourth-order valence-corrected chi connectivity index (χ4v) is 3.39. The quantitative estimate of drug-likeness (QED) is 0.624. The largest absolute Gasteiger partial charge is 0.366 e. The van der Waals surface area contributed by atoms with Crippen molar-refractivity contribution < 1.29 is 14.1 Å². The van der Waals surface area contributed by atoms with Crippen LogP contribution in [0, 0.1) is 21.8 Å². The van der Waals surface area contributed by atoms with Crippen LogP contribution in [-0.4, -0.2) is 30.5 Å². The highest BCUT2D eigenvalue weighted by Crippen LogP contribution is 2.31. The van der Waals surface area contributed by atoms with Crippen LogP contribution < -0.4 is 10.2 Å². The minimum Gasteiger partial charge on any atom is -0.366 e. The number of carbonyl (C=O) groups is 1. The smallest absolute Gasteiger partial charge is 0.292 e. The fourth-order valence-electron chi connectivity index (χ4n) is 3.39. The number of nitro groups is 1. The maximum absolute atomic E-state index is 12.9. The first-order valence-electron chi connectivity index (χ1n) is 9.05. The molecule has 27 heavy (non-hydrogen) atoms. The SMILES string of the molecule is O=C(NCCc1ccc(F)cc1)C1CCN(c2ccccc2[N+](=O)[O-])CC1. The van der Waals surface area contributed by atoms with E-state index in [1.165, 1.54) is 18.2 Å². The lowest BCUT2D eigenvalue weighted by atomic mass is 9.95. The molecular formula is C20H22FN3O3. The maximum Gasteiger partial charge on any atom is 0.292 e. The first kappa shape index (κ1) is 18.8. The van der Waals surface area contributed by atoms with E-state index in [9.17, 15) is 19.3 Å². The van der Waals surface area contributed by atoms with E-state index in [1.54, 1.807) is 30.3 Å². The van der Waals surface area contributed by atoms with E-state index in [-0.39, 0.29) is 28.3 Å². The molecule has 0 unspecified atom stereocenters. The van der Waals surface area contributed by atoms with Gasteiger partial charge in [0.2, 0.25) is 5.91 Å². The van der Waals surface area contributed by atoms with Crippen molar-refractivity contribution in [3.8, 4) is 0 Å². The molecule has 0 aliphatic carbocycles. The van der Waals surface area contributed by atoms with Gasteiger partial charge in [0, 0.05) is 31.6 Å². The molecule has 0 aromatic heterocycles. The molecule has 1 amide bonds. The van der Waals surface area contributed by atoms with Gasteiger partial charge in [-0.05, 0) is 43.0 Å². The third kappa shape index (κ3) is 4.81. The van der Waals surface area contributed by atoms with E-state index >= 15 is 0 Å². The van der Waals surface area contributed by atoms with Crippen LogP contribution in [0.1, 0.15) is 18.4 Å². The summed E-state index contributed by atoms with van der Waals surface area (Å²) in [5, 5.41) is 14.1. The van der Waals surface area contributed by atoms with E-state index in [4.69, 9.17) is 0 Å². The van der Waals surface area contributed by atoms with Gasteiger partial charge < -0.3 is 10.2 Å². The molecule has 2 aromatic carbocycles. The monoisotopic (exact) mass is 371 g/mol. The van der Waals surface area contributed by atoms with E-state index in [2.05, 4.69) is 5.32 Å². The molecule has 0 bridgehead atoms.